The summed E-state index contributed by atoms with van der Waals surface area (Å²) >= 11 is -0.178. The van der Waals surface area contributed by atoms with E-state index in [1.807, 2.05) is 4.08 Å². The summed E-state index contributed by atoms with van der Waals surface area (Å²) in [6.07, 6.45) is 2.84. The zero-order valence-corrected chi connectivity index (χ0v) is 6.22. The molecule has 0 aromatic heterocycles. The number of nitrogens with two attached hydrogens (primary N) is 1. The molecular formula is C5H5FIN. The lowest BCUT2D eigenvalue weighted by Crippen LogP contribution is -2.04. The summed E-state index contributed by atoms with van der Waals surface area (Å²) in [5.74, 6) is -0.228. The molecule has 0 fully saturated rings. The monoisotopic (exact) mass is 225 g/mol. The Hall–Kier alpha value is -0.0300. The fraction of sp³-hybridized carbons (Fsp3) is 0. The lowest BCUT2D eigenvalue weighted by atomic mass is 10.4. The summed E-state index contributed by atoms with van der Waals surface area (Å²) in [5, 5.41) is 0. The third-order valence-corrected chi connectivity index (χ3v) is 2.44. The predicted octanol–water partition coefficient (Wildman–Crippen LogP) is 1.43. The normalized spacial score (nSPS) is 18.8. The number of halogens is 2. The molecule has 1 nitrogen and oxygen atoms in total. The molecule has 2 N–H and O–H groups in total. The average molecular weight is 225 g/mol. The third kappa shape index (κ3) is 1.48. The van der Waals surface area contributed by atoms with Gasteiger partial charge in [0.05, 0.1) is 0 Å². The Morgan fingerprint density at radius 2 is 2.38 bits per heavy atom. The minimum absolute atomic E-state index is 0.178. The van der Waals surface area contributed by atoms with E-state index in [4.69, 9.17) is 5.73 Å². The van der Waals surface area contributed by atoms with Crippen molar-refractivity contribution in [2.24, 2.45) is 5.73 Å². The molecule has 44 valence electrons. The van der Waals surface area contributed by atoms with Gasteiger partial charge in [-0.3, -0.25) is 5.73 Å². The maximum absolute atomic E-state index is 12.1. The molecule has 0 saturated heterocycles. The first kappa shape index (κ1) is 6.10. The van der Waals surface area contributed by atoms with Crippen molar-refractivity contribution in [1.29, 1.82) is 0 Å². The molecule has 0 unspecified atom stereocenters. The predicted molar refractivity (Wildman–Crippen MR) is 41.5 cm³/mol. The molecule has 1 aliphatic heterocycles. The maximum atomic E-state index is 12.1. The minimum Gasteiger partial charge on any atom is -0.298 e. The Balaban J connectivity index is 2.89. The first-order chi connectivity index (χ1) is 3.79. The Kier molecular flexibility index (Phi) is 1.90. The van der Waals surface area contributed by atoms with E-state index >= 15 is 0 Å². The van der Waals surface area contributed by atoms with Crippen LogP contribution in [0.25, 0.3) is 0 Å². The van der Waals surface area contributed by atoms with Crippen LogP contribution in [0.15, 0.2) is 22.1 Å². The summed E-state index contributed by atoms with van der Waals surface area (Å²) in [6, 6.07) is 0. The van der Waals surface area contributed by atoms with E-state index in [2.05, 4.69) is 0 Å². The second kappa shape index (κ2) is 2.50. The Labute approximate surface area is 56.8 Å². The van der Waals surface area contributed by atoms with Crippen LogP contribution in [-0.2, 0) is 0 Å². The summed E-state index contributed by atoms with van der Waals surface area (Å²) in [7, 11) is 0. The Morgan fingerprint density at radius 1 is 1.62 bits per heavy atom. The van der Waals surface area contributed by atoms with Crippen LogP contribution in [0.4, 0.5) is 4.39 Å². The van der Waals surface area contributed by atoms with Gasteiger partial charge in [0.15, 0.2) is 0 Å². The minimum atomic E-state index is -0.228. The van der Waals surface area contributed by atoms with Crippen LogP contribution in [0.5, 0.6) is 0 Å². The molecule has 0 bridgehead atoms. The highest BCUT2D eigenvalue weighted by Crippen LogP contribution is 2.12. The lowest BCUT2D eigenvalue weighted by molar-refractivity contribution is 0.669. The maximum Gasteiger partial charge on any atom is 0.125 e. The highest BCUT2D eigenvalue weighted by atomic mass is 127. The van der Waals surface area contributed by atoms with Crippen molar-refractivity contribution in [2.75, 3.05) is 0 Å². The summed E-state index contributed by atoms with van der Waals surface area (Å²) in [5.41, 5.74) is 5.32. The van der Waals surface area contributed by atoms with Crippen molar-refractivity contribution in [3.8, 4) is 0 Å². The van der Waals surface area contributed by atoms with Crippen molar-refractivity contribution in [2.45, 2.75) is 0 Å². The van der Waals surface area contributed by atoms with Crippen LogP contribution >= 0.6 is 20.7 Å². The smallest absolute Gasteiger partial charge is 0.125 e. The zero-order chi connectivity index (χ0) is 5.98. The second-order valence-electron chi connectivity index (χ2n) is 1.32. The molecule has 3 heteroatoms. The van der Waals surface area contributed by atoms with Crippen molar-refractivity contribution in [3.63, 3.8) is 0 Å². The van der Waals surface area contributed by atoms with Gasteiger partial charge in [-0.15, -0.1) is 0 Å². The molecule has 0 aliphatic carbocycles. The van der Waals surface area contributed by atoms with Gasteiger partial charge >= 0.3 is 0 Å². The first-order valence-electron chi connectivity index (χ1n) is 2.08. The van der Waals surface area contributed by atoms with E-state index in [1.165, 1.54) is 12.2 Å². The van der Waals surface area contributed by atoms with Crippen molar-refractivity contribution in [3.05, 3.63) is 22.1 Å². The molecule has 0 atom stereocenters. The molecule has 1 aliphatic rings. The van der Waals surface area contributed by atoms with E-state index in [1.54, 1.807) is 0 Å². The number of allylic oxidation sites excluding steroid dienone is 2. The van der Waals surface area contributed by atoms with Crippen LogP contribution in [0.1, 0.15) is 0 Å². The Morgan fingerprint density at radius 3 is 2.75 bits per heavy atom. The van der Waals surface area contributed by atoms with Gasteiger partial charge in [-0.05, 0) is 16.2 Å². The summed E-state index contributed by atoms with van der Waals surface area (Å²) in [4.78, 5) is 0. The highest BCUT2D eigenvalue weighted by Gasteiger charge is 1.92. The summed E-state index contributed by atoms with van der Waals surface area (Å²) < 4.78 is 14.6. The second-order valence-corrected chi connectivity index (χ2v) is 3.90. The van der Waals surface area contributed by atoms with Crippen molar-refractivity contribution >= 4 is 24.4 Å². The van der Waals surface area contributed by atoms with Gasteiger partial charge in [-0.1, -0.05) is 20.7 Å². The molecule has 1 heterocycles. The average Bonchev–Trinajstić information content (AvgIpc) is 1.64. The number of hydrogen-bond acceptors (Lipinski definition) is 1. The van der Waals surface area contributed by atoms with Gasteiger partial charge in [0.25, 0.3) is 0 Å². The molecule has 8 heavy (non-hydrogen) atoms. The van der Waals surface area contributed by atoms with E-state index in [0.717, 1.165) is 0 Å². The van der Waals surface area contributed by atoms with Gasteiger partial charge in [0.1, 0.15) is 5.83 Å². The van der Waals surface area contributed by atoms with Crippen LogP contribution in [0.3, 0.4) is 0 Å². The van der Waals surface area contributed by atoms with Crippen LogP contribution in [-0.4, -0.2) is 3.63 Å². The fourth-order valence-electron chi connectivity index (χ4n) is 0.376. The van der Waals surface area contributed by atoms with Gasteiger partial charge in [-0.25, -0.2) is 4.39 Å². The molecule has 1 rings (SSSR count). The largest absolute Gasteiger partial charge is 0.298 e. The van der Waals surface area contributed by atoms with E-state index in [0.29, 0.717) is 3.63 Å². The standard InChI is InChI=1S/C5H5FIN/c6-4-1-2-7-5(8)3-4/h1-3H,8H2. The summed E-state index contributed by atoms with van der Waals surface area (Å²) in [6.45, 7) is 0. The topological polar surface area (TPSA) is 26.0 Å². The van der Waals surface area contributed by atoms with Crippen molar-refractivity contribution < 1.29 is 4.39 Å². The van der Waals surface area contributed by atoms with Crippen LogP contribution < -0.4 is 5.73 Å². The van der Waals surface area contributed by atoms with Crippen LogP contribution in [0.2, 0.25) is 0 Å². The molecule has 0 amide bonds. The first-order valence-corrected chi connectivity index (χ1v) is 4.41. The van der Waals surface area contributed by atoms with E-state index in [-0.39, 0.29) is 26.6 Å². The molecule has 0 saturated carbocycles. The molecule has 0 spiro atoms. The highest BCUT2D eigenvalue weighted by molar-refractivity contribution is 14.2. The molecular weight excluding hydrogens is 220 g/mol. The van der Waals surface area contributed by atoms with Crippen LogP contribution in [0, 0.1) is 0 Å². The van der Waals surface area contributed by atoms with Gasteiger partial charge in [0, 0.05) is 3.63 Å². The number of rotatable bonds is 0. The quantitative estimate of drug-likeness (QED) is 0.620. The number of hydrogen-bond donors (Lipinski definition) is 1. The molecule has 0 aromatic carbocycles. The third-order valence-electron chi connectivity index (χ3n) is 0.687. The lowest BCUT2D eigenvalue weighted by Gasteiger charge is -1.93. The van der Waals surface area contributed by atoms with Gasteiger partial charge < -0.3 is 0 Å². The molecule has 0 aromatic rings. The van der Waals surface area contributed by atoms with Crippen molar-refractivity contribution in [1.82, 2.24) is 0 Å². The zero-order valence-electron chi connectivity index (χ0n) is 4.07. The van der Waals surface area contributed by atoms with E-state index in [9.17, 15) is 4.39 Å². The van der Waals surface area contributed by atoms with E-state index < -0.39 is 0 Å². The fourth-order valence-corrected chi connectivity index (χ4v) is 1.79. The Bertz CT molecular complexity index is 178. The molecule has 0 radical (unpaired) electrons. The SMILES string of the molecule is NC1=IC=CC(F)=C1. The van der Waals surface area contributed by atoms with Gasteiger partial charge in [0.2, 0.25) is 0 Å². The van der Waals surface area contributed by atoms with Gasteiger partial charge in [-0.2, -0.15) is 0 Å².